The first-order valence-corrected chi connectivity index (χ1v) is 15.9. The number of nitrogens with zero attached hydrogens (tertiary/aromatic N) is 2. The molecule has 1 saturated heterocycles. The standard InChI is InChI=1S/C28H31N3O7S2/c1-21-9-14-26-25(19-21)31(40(35,36)23-7-3-2-4-8-23)20-27(38-26)28(32)29-15-18-37-22-10-12-24(13-11-22)39(33,34)30-16-5-6-17-30/h2-4,7-14,19,27H,5-6,15-18,20H2,1H3,(H,29,32)/t27-/m1/s1. The van der Waals surface area contributed by atoms with Crippen molar-refractivity contribution in [3.8, 4) is 11.5 Å². The summed E-state index contributed by atoms with van der Waals surface area (Å²) < 4.78 is 66.6. The Bertz CT molecular complexity index is 1570. The Balaban J connectivity index is 1.20. The maximum Gasteiger partial charge on any atom is 0.264 e. The van der Waals surface area contributed by atoms with Gasteiger partial charge >= 0.3 is 0 Å². The normalized spacial score (nSPS) is 17.6. The number of carbonyl (C=O) groups excluding carboxylic acids is 1. The second-order valence-electron chi connectivity index (χ2n) is 9.65. The van der Waals surface area contributed by atoms with Crippen LogP contribution < -0.4 is 19.1 Å². The Labute approximate surface area is 234 Å². The van der Waals surface area contributed by atoms with Crippen LogP contribution in [-0.2, 0) is 24.8 Å². The van der Waals surface area contributed by atoms with E-state index in [1.807, 2.05) is 6.92 Å². The fraction of sp³-hybridized carbons (Fsp3) is 0.321. The number of anilines is 1. The molecule has 2 aliphatic rings. The number of hydrogen-bond acceptors (Lipinski definition) is 7. The Morgan fingerprint density at radius 1 is 0.925 bits per heavy atom. The van der Waals surface area contributed by atoms with Crippen molar-refractivity contribution in [1.29, 1.82) is 0 Å². The van der Waals surface area contributed by atoms with E-state index in [0.717, 1.165) is 18.4 Å². The van der Waals surface area contributed by atoms with Crippen molar-refractivity contribution in [2.24, 2.45) is 0 Å². The number of ether oxygens (including phenoxy) is 2. The zero-order valence-electron chi connectivity index (χ0n) is 22.0. The van der Waals surface area contributed by atoms with Crippen molar-refractivity contribution in [2.75, 3.05) is 37.1 Å². The molecule has 0 saturated carbocycles. The van der Waals surface area contributed by atoms with Crippen molar-refractivity contribution >= 4 is 31.6 Å². The third-order valence-electron chi connectivity index (χ3n) is 6.80. The summed E-state index contributed by atoms with van der Waals surface area (Å²) >= 11 is 0. The second-order valence-corrected chi connectivity index (χ2v) is 13.4. The monoisotopic (exact) mass is 585 g/mol. The topological polar surface area (TPSA) is 122 Å². The van der Waals surface area contributed by atoms with E-state index in [1.54, 1.807) is 48.5 Å². The fourth-order valence-corrected chi connectivity index (χ4v) is 7.69. The van der Waals surface area contributed by atoms with Crippen LogP contribution >= 0.6 is 0 Å². The van der Waals surface area contributed by atoms with Gasteiger partial charge < -0.3 is 14.8 Å². The molecule has 0 aromatic heterocycles. The van der Waals surface area contributed by atoms with Gasteiger partial charge in [0.2, 0.25) is 10.0 Å². The molecule has 5 rings (SSSR count). The predicted molar refractivity (Wildman–Crippen MR) is 150 cm³/mol. The average molecular weight is 586 g/mol. The van der Waals surface area contributed by atoms with E-state index in [2.05, 4.69) is 5.32 Å². The summed E-state index contributed by atoms with van der Waals surface area (Å²) in [6.45, 7) is 3.00. The van der Waals surface area contributed by atoms with Crippen LogP contribution in [0.25, 0.3) is 0 Å². The molecule has 212 valence electrons. The minimum Gasteiger partial charge on any atom is -0.492 e. The van der Waals surface area contributed by atoms with Gasteiger partial charge in [-0.2, -0.15) is 4.31 Å². The highest BCUT2D eigenvalue weighted by Gasteiger charge is 2.37. The Morgan fingerprint density at radius 3 is 2.30 bits per heavy atom. The van der Waals surface area contributed by atoms with Gasteiger partial charge in [0.25, 0.3) is 15.9 Å². The molecule has 1 fully saturated rings. The van der Waals surface area contributed by atoms with E-state index in [4.69, 9.17) is 9.47 Å². The zero-order valence-corrected chi connectivity index (χ0v) is 23.7. The van der Waals surface area contributed by atoms with E-state index < -0.39 is 32.1 Å². The molecule has 0 unspecified atom stereocenters. The Morgan fingerprint density at radius 2 is 1.60 bits per heavy atom. The fourth-order valence-electron chi connectivity index (χ4n) is 4.69. The van der Waals surface area contributed by atoms with Gasteiger partial charge in [-0.15, -0.1) is 0 Å². The quantitative estimate of drug-likeness (QED) is 0.383. The van der Waals surface area contributed by atoms with Crippen molar-refractivity contribution in [1.82, 2.24) is 9.62 Å². The van der Waals surface area contributed by atoms with Crippen LogP contribution in [0.1, 0.15) is 18.4 Å². The largest absolute Gasteiger partial charge is 0.492 e. The molecule has 0 spiro atoms. The lowest BCUT2D eigenvalue weighted by Gasteiger charge is -2.35. The Hall–Kier alpha value is -3.61. The summed E-state index contributed by atoms with van der Waals surface area (Å²) in [7, 11) is -7.44. The molecule has 12 heteroatoms. The SMILES string of the molecule is Cc1ccc2c(c1)N(S(=O)(=O)c1ccccc1)C[C@H](C(=O)NCCOc1ccc(S(=O)(=O)N3CCCC3)cc1)O2. The summed E-state index contributed by atoms with van der Waals surface area (Å²) in [6.07, 6.45) is 0.666. The first-order chi connectivity index (χ1) is 19.2. The van der Waals surface area contributed by atoms with Crippen molar-refractivity contribution in [2.45, 2.75) is 35.7 Å². The molecule has 10 nitrogen and oxygen atoms in total. The van der Waals surface area contributed by atoms with Gasteiger partial charge in [0.1, 0.15) is 18.1 Å². The lowest BCUT2D eigenvalue weighted by Crippen LogP contribution is -2.51. The number of fused-ring (bicyclic) bond motifs is 1. The molecule has 0 aliphatic carbocycles. The lowest BCUT2D eigenvalue weighted by atomic mass is 10.1. The summed E-state index contributed by atoms with van der Waals surface area (Å²) in [4.78, 5) is 13.3. The van der Waals surface area contributed by atoms with Gasteiger partial charge in [0, 0.05) is 13.1 Å². The van der Waals surface area contributed by atoms with Crippen molar-refractivity contribution < 1.29 is 31.1 Å². The molecule has 40 heavy (non-hydrogen) atoms. The van der Waals surface area contributed by atoms with E-state index >= 15 is 0 Å². The van der Waals surface area contributed by atoms with Crippen LogP contribution in [0.4, 0.5) is 5.69 Å². The Kier molecular flexibility index (Phi) is 8.02. The molecule has 1 N–H and O–H groups in total. The zero-order chi connectivity index (χ0) is 28.3. The number of amides is 1. The molecule has 3 aromatic rings. The van der Waals surface area contributed by atoms with Gasteiger partial charge in [0.05, 0.1) is 28.6 Å². The van der Waals surface area contributed by atoms with Gasteiger partial charge in [-0.1, -0.05) is 24.3 Å². The predicted octanol–water partition coefficient (Wildman–Crippen LogP) is 2.93. The molecule has 3 aromatic carbocycles. The molecule has 1 amide bonds. The summed E-state index contributed by atoms with van der Waals surface area (Å²) in [5.41, 5.74) is 1.24. The first kappa shape index (κ1) is 27.9. The summed E-state index contributed by atoms with van der Waals surface area (Å²) in [5, 5.41) is 2.74. The van der Waals surface area contributed by atoms with E-state index in [0.29, 0.717) is 30.3 Å². The lowest BCUT2D eigenvalue weighted by molar-refractivity contribution is -0.127. The molecule has 1 atom stereocenters. The molecule has 2 heterocycles. The molecular formula is C28H31N3O7S2. The molecule has 0 radical (unpaired) electrons. The van der Waals surface area contributed by atoms with Gasteiger partial charge in [-0.05, 0) is 73.9 Å². The van der Waals surface area contributed by atoms with E-state index in [9.17, 15) is 21.6 Å². The summed E-state index contributed by atoms with van der Waals surface area (Å²) in [6, 6.07) is 19.4. The van der Waals surface area contributed by atoms with E-state index in [-0.39, 0.29) is 29.5 Å². The van der Waals surface area contributed by atoms with Gasteiger partial charge in [-0.3, -0.25) is 9.10 Å². The maximum absolute atomic E-state index is 13.5. The van der Waals surface area contributed by atoms with Crippen LogP contribution in [0, 0.1) is 6.92 Å². The number of hydrogen-bond donors (Lipinski definition) is 1. The third kappa shape index (κ3) is 5.79. The minimum absolute atomic E-state index is 0.121. The number of benzene rings is 3. The molecule has 0 bridgehead atoms. The maximum atomic E-state index is 13.5. The minimum atomic E-state index is -3.94. The van der Waals surface area contributed by atoms with Gasteiger partial charge in [-0.25, -0.2) is 16.8 Å². The average Bonchev–Trinajstić information content (AvgIpc) is 3.52. The van der Waals surface area contributed by atoms with Crippen LogP contribution in [0.2, 0.25) is 0 Å². The first-order valence-electron chi connectivity index (χ1n) is 13.0. The van der Waals surface area contributed by atoms with Crippen molar-refractivity contribution in [3.63, 3.8) is 0 Å². The summed E-state index contributed by atoms with van der Waals surface area (Å²) in [5.74, 6) is 0.292. The highest BCUT2D eigenvalue weighted by molar-refractivity contribution is 7.92. The van der Waals surface area contributed by atoms with Crippen molar-refractivity contribution in [3.05, 3.63) is 78.4 Å². The highest BCUT2D eigenvalue weighted by Crippen LogP contribution is 2.37. The van der Waals surface area contributed by atoms with Crippen LogP contribution in [-0.4, -0.2) is 65.9 Å². The number of aryl methyl sites for hydroxylation is 1. The van der Waals surface area contributed by atoms with Gasteiger partial charge in [0.15, 0.2) is 6.10 Å². The van der Waals surface area contributed by atoms with Crippen LogP contribution in [0.3, 0.4) is 0 Å². The molecular weight excluding hydrogens is 554 g/mol. The van der Waals surface area contributed by atoms with Crippen LogP contribution in [0.5, 0.6) is 11.5 Å². The number of sulfonamides is 2. The number of nitrogens with one attached hydrogen (secondary N) is 1. The smallest absolute Gasteiger partial charge is 0.264 e. The highest BCUT2D eigenvalue weighted by atomic mass is 32.2. The number of carbonyl (C=O) groups is 1. The van der Waals surface area contributed by atoms with E-state index in [1.165, 1.54) is 32.9 Å². The third-order valence-corrected chi connectivity index (χ3v) is 10.5. The second kappa shape index (κ2) is 11.5. The molecule has 2 aliphatic heterocycles. The number of rotatable bonds is 9. The van der Waals surface area contributed by atoms with Crippen LogP contribution in [0.15, 0.2) is 82.6 Å².